The van der Waals surface area contributed by atoms with Crippen LogP contribution in [0.5, 0.6) is 0 Å². The number of likely N-dealkylation sites (tertiary alicyclic amines) is 1. The average Bonchev–Trinajstić information content (AvgIpc) is 2.89. The molecular weight excluding hydrogens is 314 g/mol. The van der Waals surface area contributed by atoms with Crippen LogP contribution in [0, 0.1) is 5.92 Å². The molecule has 1 aliphatic heterocycles. The van der Waals surface area contributed by atoms with Gasteiger partial charge < -0.3 is 15.2 Å². The Morgan fingerprint density at radius 3 is 2.62 bits per heavy atom. The lowest BCUT2D eigenvalue weighted by atomic mass is 9.86. The number of nitrogens with one attached hydrogen (secondary N) is 2. The molecule has 0 bridgehead atoms. The third-order valence-electron chi connectivity index (χ3n) is 4.88. The first-order valence-electron chi connectivity index (χ1n) is 8.51. The van der Waals surface area contributed by atoms with Gasteiger partial charge in [-0.2, -0.15) is 0 Å². The van der Waals surface area contributed by atoms with E-state index in [1.54, 1.807) is 0 Å². The van der Waals surface area contributed by atoms with Gasteiger partial charge in [-0.1, -0.05) is 19.8 Å². The molecule has 0 radical (unpaired) electrons. The molecule has 0 spiro atoms. The van der Waals surface area contributed by atoms with Crippen molar-refractivity contribution >= 4 is 17.9 Å². The smallest absolute Gasteiger partial charge is 0.323 e. The topological polar surface area (TPSA) is 108 Å². The SMILES string of the molecule is COC(=O)[C@H]1C[C@H](O)CN1CC(=O)NC(=O)NC1CCCCC1C. The lowest BCUT2D eigenvalue weighted by Crippen LogP contribution is -2.51. The van der Waals surface area contributed by atoms with Crippen molar-refractivity contribution in [3.63, 3.8) is 0 Å². The van der Waals surface area contributed by atoms with Gasteiger partial charge in [0.25, 0.3) is 0 Å². The molecule has 0 aromatic carbocycles. The Kier molecular flexibility index (Phi) is 6.56. The molecule has 2 unspecified atom stereocenters. The number of carbonyl (C=O) groups is 3. The molecule has 8 nitrogen and oxygen atoms in total. The van der Waals surface area contributed by atoms with E-state index in [1.165, 1.54) is 18.4 Å². The first-order chi connectivity index (χ1) is 11.4. The summed E-state index contributed by atoms with van der Waals surface area (Å²) >= 11 is 0. The molecule has 3 amide bonds. The van der Waals surface area contributed by atoms with Crippen molar-refractivity contribution < 1.29 is 24.2 Å². The zero-order valence-corrected chi connectivity index (χ0v) is 14.3. The fourth-order valence-electron chi connectivity index (χ4n) is 3.52. The number of rotatable bonds is 4. The quantitative estimate of drug-likeness (QED) is 0.621. The van der Waals surface area contributed by atoms with Crippen molar-refractivity contribution in [1.82, 2.24) is 15.5 Å². The van der Waals surface area contributed by atoms with Crippen molar-refractivity contribution in [2.45, 2.75) is 57.2 Å². The normalized spacial score (nSPS) is 30.6. The molecule has 0 aromatic rings. The molecule has 1 heterocycles. The van der Waals surface area contributed by atoms with Gasteiger partial charge in [0.2, 0.25) is 5.91 Å². The first kappa shape index (κ1) is 18.7. The largest absolute Gasteiger partial charge is 0.468 e. The Hall–Kier alpha value is -1.67. The third kappa shape index (κ3) is 4.91. The van der Waals surface area contributed by atoms with Crippen LogP contribution in [0.3, 0.4) is 0 Å². The molecule has 4 atom stereocenters. The predicted octanol–water partition coefficient (Wildman–Crippen LogP) is -0.000900. The van der Waals surface area contributed by atoms with Crippen LogP contribution in [-0.2, 0) is 14.3 Å². The monoisotopic (exact) mass is 341 g/mol. The molecule has 136 valence electrons. The van der Waals surface area contributed by atoms with Gasteiger partial charge in [-0.25, -0.2) is 4.79 Å². The van der Waals surface area contributed by atoms with Gasteiger partial charge in [-0.15, -0.1) is 0 Å². The van der Waals surface area contributed by atoms with Crippen LogP contribution in [0.4, 0.5) is 4.79 Å². The van der Waals surface area contributed by atoms with Crippen LogP contribution < -0.4 is 10.6 Å². The summed E-state index contributed by atoms with van der Waals surface area (Å²) in [6.07, 6.45) is 3.79. The van der Waals surface area contributed by atoms with Gasteiger partial charge in [-0.05, 0) is 18.8 Å². The minimum Gasteiger partial charge on any atom is -0.468 e. The number of aliphatic hydroxyl groups excluding tert-OH is 1. The number of nitrogens with zero attached hydrogens (tertiary/aromatic N) is 1. The first-order valence-corrected chi connectivity index (χ1v) is 8.51. The van der Waals surface area contributed by atoms with Crippen LogP contribution in [-0.4, -0.2) is 66.3 Å². The van der Waals surface area contributed by atoms with E-state index in [0.29, 0.717) is 5.92 Å². The number of hydrogen-bond donors (Lipinski definition) is 3. The summed E-state index contributed by atoms with van der Waals surface area (Å²) in [5, 5.41) is 14.8. The standard InChI is InChI=1S/C16H27N3O5/c1-10-5-3-4-6-12(10)17-16(23)18-14(21)9-19-8-11(20)7-13(19)15(22)24-2/h10-13,20H,3-9H2,1-2H3,(H2,17,18,21,23)/t10?,11-,12?,13+/m0/s1. The fourth-order valence-corrected chi connectivity index (χ4v) is 3.52. The van der Waals surface area contributed by atoms with Crippen molar-refractivity contribution in [3.8, 4) is 0 Å². The molecule has 24 heavy (non-hydrogen) atoms. The van der Waals surface area contributed by atoms with Crippen molar-refractivity contribution in [2.24, 2.45) is 5.92 Å². The zero-order chi connectivity index (χ0) is 17.7. The van der Waals surface area contributed by atoms with E-state index >= 15 is 0 Å². The van der Waals surface area contributed by atoms with Gasteiger partial charge in [0.1, 0.15) is 6.04 Å². The number of hydrogen-bond acceptors (Lipinski definition) is 6. The molecule has 1 saturated heterocycles. The summed E-state index contributed by atoms with van der Waals surface area (Å²) in [4.78, 5) is 37.2. The lowest BCUT2D eigenvalue weighted by Gasteiger charge is -2.29. The number of imide groups is 1. The zero-order valence-electron chi connectivity index (χ0n) is 14.3. The van der Waals surface area contributed by atoms with Crippen molar-refractivity contribution in [3.05, 3.63) is 0 Å². The maximum absolute atomic E-state index is 12.0. The number of esters is 1. The predicted molar refractivity (Wildman–Crippen MR) is 86.1 cm³/mol. The molecule has 2 rings (SSSR count). The molecule has 1 aliphatic carbocycles. The summed E-state index contributed by atoms with van der Waals surface area (Å²) in [6, 6.07) is -1.08. The van der Waals surface area contributed by atoms with Crippen LogP contribution >= 0.6 is 0 Å². The average molecular weight is 341 g/mol. The number of methoxy groups -OCH3 is 1. The van der Waals surface area contributed by atoms with Crippen LogP contribution in [0.25, 0.3) is 0 Å². The second kappa shape index (κ2) is 8.43. The highest BCUT2D eigenvalue weighted by Crippen LogP contribution is 2.23. The van der Waals surface area contributed by atoms with E-state index in [2.05, 4.69) is 22.3 Å². The Morgan fingerprint density at radius 1 is 1.25 bits per heavy atom. The molecule has 0 aromatic heterocycles. The van der Waals surface area contributed by atoms with Crippen molar-refractivity contribution in [1.29, 1.82) is 0 Å². The third-order valence-corrected chi connectivity index (χ3v) is 4.88. The molecule has 8 heteroatoms. The Bertz CT molecular complexity index is 484. The van der Waals surface area contributed by atoms with Crippen LogP contribution in [0.2, 0.25) is 0 Å². The van der Waals surface area contributed by atoms with E-state index in [1.807, 2.05) is 0 Å². The molecule has 2 fully saturated rings. The minimum absolute atomic E-state index is 0.0861. The van der Waals surface area contributed by atoms with E-state index < -0.39 is 30.1 Å². The van der Waals surface area contributed by atoms with E-state index in [9.17, 15) is 19.5 Å². The summed E-state index contributed by atoms with van der Waals surface area (Å²) in [6.45, 7) is 2.16. The Balaban J connectivity index is 1.81. The summed E-state index contributed by atoms with van der Waals surface area (Å²) in [7, 11) is 1.27. The Morgan fingerprint density at radius 2 is 1.96 bits per heavy atom. The lowest BCUT2D eigenvalue weighted by molar-refractivity contribution is -0.146. The van der Waals surface area contributed by atoms with Crippen LogP contribution in [0.15, 0.2) is 0 Å². The molecule has 3 N–H and O–H groups in total. The maximum Gasteiger partial charge on any atom is 0.323 e. The highest BCUT2D eigenvalue weighted by molar-refractivity contribution is 5.95. The second-order valence-electron chi connectivity index (χ2n) is 6.75. The van der Waals surface area contributed by atoms with Gasteiger partial charge >= 0.3 is 12.0 Å². The van der Waals surface area contributed by atoms with Gasteiger partial charge in [0, 0.05) is 19.0 Å². The summed E-state index contributed by atoms with van der Waals surface area (Å²) < 4.78 is 4.68. The number of urea groups is 1. The highest BCUT2D eigenvalue weighted by Gasteiger charge is 2.37. The number of carbonyl (C=O) groups excluding carboxylic acids is 3. The van der Waals surface area contributed by atoms with Gasteiger partial charge in [0.05, 0.1) is 19.8 Å². The van der Waals surface area contributed by atoms with Crippen LogP contribution in [0.1, 0.15) is 39.0 Å². The van der Waals surface area contributed by atoms with Crippen molar-refractivity contribution in [2.75, 3.05) is 20.2 Å². The maximum atomic E-state index is 12.0. The highest BCUT2D eigenvalue weighted by atomic mass is 16.5. The summed E-state index contributed by atoms with van der Waals surface area (Å²) in [5.41, 5.74) is 0. The number of aliphatic hydroxyl groups is 1. The van der Waals surface area contributed by atoms with E-state index in [0.717, 1.165) is 19.3 Å². The fraction of sp³-hybridized carbons (Fsp3) is 0.812. The van der Waals surface area contributed by atoms with Gasteiger partial charge in [0.15, 0.2) is 0 Å². The molecule has 2 aliphatic rings. The second-order valence-corrected chi connectivity index (χ2v) is 6.75. The van der Waals surface area contributed by atoms with E-state index in [-0.39, 0.29) is 25.6 Å². The molecular formula is C16H27N3O5. The van der Waals surface area contributed by atoms with Gasteiger partial charge in [-0.3, -0.25) is 19.8 Å². The summed E-state index contributed by atoms with van der Waals surface area (Å²) in [5.74, 6) is -0.587. The minimum atomic E-state index is -0.682. The Labute approximate surface area is 141 Å². The molecule has 1 saturated carbocycles. The number of ether oxygens (including phenoxy) is 1. The number of amides is 3. The number of β-amino-alcohol motifs (C(OH)–C–C–N with tert-alkyl or cyclic N) is 1. The van der Waals surface area contributed by atoms with E-state index in [4.69, 9.17) is 0 Å².